The summed E-state index contributed by atoms with van der Waals surface area (Å²) in [6.45, 7) is 2.33. The van der Waals surface area contributed by atoms with Crippen LogP contribution in [0.2, 0.25) is 0 Å². The van der Waals surface area contributed by atoms with Crippen LogP contribution in [0.25, 0.3) is 0 Å². The summed E-state index contributed by atoms with van der Waals surface area (Å²) in [5, 5.41) is 11.9. The van der Waals surface area contributed by atoms with Crippen LogP contribution in [0.15, 0.2) is 12.1 Å². The number of nitrogens with zero attached hydrogens (tertiary/aromatic N) is 3. The summed E-state index contributed by atoms with van der Waals surface area (Å²) in [5.41, 5.74) is 1.33. The van der Waals surface area contributed by atoms with Gasteiger partial charge >= 0.3 is 0 Å². The molecule has 0 bridgehead atoms. The van der Waals surface area contributed by atoms with E-state index in [-0.39, 0.29) is 5.91 Å². The molecule has 0 aromatic carbocycles. The number of aromatic nitrogens is 1. The summed E-state index contributed by atoms with van der Waals surface area (Å²) in [6.07, 6.45) is 0.382. The van der Waals surface area contributed by atoms with Gasteiger partial charge in [-0.3, -0.25) is 4.79 Å². The van der Waals surface area contributed by atoms with Gasteiger partial charge < -0.3 is 10.2 Å². The summed E-state index contributed by atoms with van der Waals surface area (Å²) in [6, 6.07) is 5.57. The molecule has 1 aromatic heterocycles. The molecular formula is C12H16N4O. The molecule has 0 saturated heterocycles. The lowest BCUT2D eigenvalue weighted by Crippen LogP contribution is -2.24. The topological polar surface area (TPSA) is 69.0 Å². The van der Waals surface area contributed by atoms with Crippen molar-refractivity contribution < 1.29 is 4.79 Å². The first-order valence-electron chi connectivity index (χ1n) is 5.36. The number of carbonyl (C=O) groups excluding carboxylic acids is 1. The number of nitrogens with one attached hydrogen (secondary N) is 1. The fourth-order valence-electron chi connectivity index (χ4n) is 1.29. The number of rotatable bonds is 4. The lowest BCUT2D eigenvalue weighted by molar-refractivity contribution is -0.128. The Morgan fingerprint density at radius 1 is 1.53 bits per heavy atom. The van der Waals surface area contributed by atoms with E-state index < -0.39 is 0 Å². The molecule has 0 aliphatic rings. The molecule has 1 amide bonds. The molecule has 17 heavy (non-hydrogen) atoms. The molecular weight excluding hydrogens is 216 g/mol. The Labute approximate surface area is 101 Å². The highest BCUT2D eigenvalue weighted by Gasteiger charge is 2.06. The largest absolute Gasteiger partial charge is 0.368 e. The van der Waals surface area contributed by atoms with Gasteiger partial charge in [0.2, 0.25) is 5.91 Å². The molecule has 0 spiro atoms. The molecule has 0 saturated carbocycles. The van der Waals surface area contributed by atoms with Crippen LogP contribution in [-0.4, -0.2) is 36.4 Å². The Kier molecular flexibility index (Phi) is 4.46. The third-order valence-electron chi connectivity index (χ3n) is 2.29. The number of hydrogen-bond acceptors (Lipinski definition) is 4. The normalized spacial score (nSPS) is 9.53. The Bertz CT molecular complexity index is 448. The smallest absolute Gasteiger partial charge is 0.223 e. The minimum Gasteiger partial charge on any atom is -0.368 e. The van der Waals surface area contributed by atoms with Gasteiger partial charge in [-0.25, -0.2) is 4.98 Å². The summed E-state index contributed by atoms with van der Waals surface area (Å²) in [4.78, 5) is 17.1. The van der Waals surface area contributed by atoms with Crippen molar-refractivity contribution in [3.8, 4) is 6.07 Å². The lowest BCUT2D eigenvalue weighted by atomic mass is 10.2. The van der Waals surface area contributed by atoms with Crippen LogP contribution in [-0.2, 0) is 4.79 Å². The van der Waals surface area contributed by atoms with Crippen molar-refractivity contribution in [3.05, 3.63) is 23.4 Å². The lowest BCUT2D eigenvalue weighted by Gasteiger charge is -2.11. The Hall–Kier alpha value is -2.09. The van der Waals surface area contributed by atoms with Crippen molar-refractivity contribution in [2.75, 3.05) is 26.0 Å². The molecule has 90 valence electrons. The molecule has 1 aromatic rings. The summed E-state index contributed by atoms with van der Waals surface area (Å²) in [5.74, 6) is 0.586. The van der Waals surface area contributed by atoms with Gasteiger partial charge in [0.05, 0.1) is 5.56 Å². The quantitative estimate of drug-likeness (QED) is 0.845. The Morgan fingerprint density at radius 3 is 2.82 bits per heavy atom. The predicted octanol–water partition coefficient (Wildman–Crippen LogP) is 1.15. The molecule has 0 atom stereocenters. The molecule has 0 unspecified atom stereocenters. The third kappa shape index (κ3) is 3.76. The fraction of sp³-hybridized carbons (Fsp3) is 0.417. The van der Waals surface area contributed by atoms with E-state index in [0.29, 0.717) is 24.3 Å². The van der Waals surface area contributed by atoms with Crippen LogP contribution in [0, 0.1) is 18.3 Å². The molecule has 0 fully saturated rings. The number of anilines is 1. The molecule has 1 heterocycles. The van der Waals surface area contributed by atoms with E-state index in [0.717, 1.165) is 5.69 Å². The Morgan fingerprint density at radius 2 is 2.24 bits per heavy atom. The van der Waals surface area contributed by atoms with E-state index in [4.69, 9.17) is 5.26 Å². The average Bonchev–Trinajstić information content (AvgIpc) is 2.29. The number of hydrogen-bond donors (Lipinski definition) is 1. The van der Waals surface area contributed by atoms with Crippen molar-refractivity contribution in [2.45, 2.75) is 13.3 Å². The van der Waals surface area contributed by atoms with Crippen LogP contribution in [0.5, 0.6) is 0 Å². The SMILES string of the molecule is Cc1ccc(C#N)c(NCCC(=O)N(C)C)n1. The maximum atomic E-state index is 11.4. The van der Waals surface area contributed by atoms with Crippen LogP contribution in [0.3, 0.4) is 0 Å². The van der Waals surface area contributed by atoms with E-state index >= 15 is 0 Å². The van der Waals surface area contributed by atoms with Gasteiger partial charge in [-0.15, -0.1) is 0 Å². The van der Waals surface area contributed by atoms with Gasteiger partial charge in [-0.1, -0.05) is 0 Å². The number of carbonyl (C=O) groups is 1. The Balaban J connectivity index is 2.60. The zero-order chi connectivity index (χ0) is 12.8. The van der Waals surface area contributed by atoms with Gasteiger partial charge in [-0.05, 0) is 19.1 Å². The second-order valence-electron chi connectivity index (χ2n) is 3.93. The monoisotopic (exact) mass is 232 g/mol. The van der Waals surface area contributed by atoms with E-state index in [2.05, 4.69) is 16.4 Å². The molecule has 0 radical (unpaired) electrons. The fourth-order valence-corrected chi connectivity index (χ4v) is 1.29. The van der Waals surface area contributed by atoms with Crippen molar-refractivity contribution in [3.63, 3.8) is 0 Å². The predicted molar refractivity (Wildman–Crippen MR) is 65.5 cm³/mol. The minimum atomic E-state index is 0.0451. The van der Waals surface area contributed by atoms with E-state index in [1.54, 1.807) is 26.2 Å². The average molecular weight is 232 g/mol. The van der Waals surface area contributed by atoms with Gasteiger partial charge in [-0.2, -0.15) is 5.26 Å². The maximum absolute atomic E-state index is 11.4. The number of amides is 1. The van der Waals surface area contributed by atoms with Gasteiger partial charge in [0, 0.05) is 32.8 Å². The van der Waals surface area contributed by atoms with Crippen LogP contribution in [0.4, 0.5) is 5.82 Å². The molecule has 0 aliphatic heterocycles. The molecule has 0 aliphatic carbocycles. The van der Waals surface area contributed by atoms with Gasteiger partial charge in [0.15, 0.2) is 0 Å². The van der Waals surface area contributed by atoms with Crippen LogP contribution >= 0.6 is 0 Å². The first-order chi connectivity index (χ1) is 8.04. The molecule has 5 heteroatoms. The highest BCUT2D eigenvalue weighted by Crippen LogP contribution is 2.11. The molecule has 5 nitrogen and oxygen atoms in total. The summed E-state index contributed by atoms with van der Waals surface area (Å²) >= 11 is 0. The molecule has 1 N–H and O–H groups in total. The number of pyridine rings is 1. The van der Waals surface area contributed by atoms with Gasteiger partial charge in [0.25, 0.3) is 0 Å². The zero-order valence-electron chi connectivity index (χ0n) is 10.3. The maximum Gasteiger partial charge on any atom is 0.223 e. The minimum absolute atomic E-state index is 0.0451. The van der Waals surface area contributed by atoms with Crippen LogP contribution < -0.4 is 5.32 Å². The number of nitriles is 1. The summed E-state index contributed by atoms with van der Waals surface area (Å²) < 4.78 is 0. The van der Waals surface area contributed by atoms with E-state index in [9.17, 15) is 4.79 Å². The van der Waals surface area contributed by atoms with Crippen LogP contribution in [0.1, 0.15) is 17.7 Å². The first kappa shape index (κ1) is 13.0. The standard InChI is InChI=1S/C12H16N4O/c1-9-4-5-10(8-13)12(15-9)14-7-6-11(17)16(2)3/h4-5H,6-7H2,1-3H3,(H,14,15). The van der Waals surface area contributed by atoms with Crippen molar-refractivity contribution in [1.29, 1.82) is 5.26 Å². The second-order valence-corrected chi connectivity index (χ2v) is 3.93. The van der Waals surface area contributed by atoms with Gasteiger partial charge in [0.1, 0.15) is 11.9 Å². The van der Waals surface area contributed by atoms with Crippen molar-refractivity contribution in [1.82, 2.24) is 9.88 Å². The van der Waals surface area contributed by atoms with E-state index in [1.165, 1.54) is 4.90 Å². The first-order valence-corrected chi connectivity index (χ1v) is 5.36. The van der Waals surface area contributed by atoms with Crippen molar-refractivity contribution >= 4 is 11.7 Å². The summed E-state index contributed by atoms with van der Waals surface area (Å²) in [7, 11) is 3.43. The highest BCUT2D eigenvalue weighted by atomic mass is 16.2. The number of aryl methyl sites for hydroxylation is 1. The highest BCUT2D eigenvalue weighted by molar-refractivity contribution is 5.76. The molecule has 1 rings (SSSR count). The zero-order valence-corrected chi connectivity index (χ0v) is 10.3. The van der Waals surface area contributed by atoms with E-state index in [1.807, 2.05) is 6.92 Å². The third-order valence-corrected chi connectivity index (χ3v) is 2.29. The second kappa shape index (κ2) is 5.85. The van der Waals surface area contributed by atoms with Crippen molar-refractivity contribution in [2.24, 2.45) is 0 Å².